The molecular weight excluding hydrogens is 206 g/mol. The van der Waals surface area contributed by atoms with Crippen LogP contribution in [0.1, 0.15) is 18.2 Å². The number of allylic oxidation sites excluding steroid dienone is 1. The lowest BCUT2D eigenvalue weighted by molar-refractivity contribution is 0.255. The third-order valence-electron chi connectivity index (χ3n) is 2.72. The van der Waals surface area contributed by atoms with E-state index in [1.54, 1.807) is 0 Å². The molecule has 1 aliphatic carbocycles. The lowest BCUT2D eigenvalue weighted by Crippen LogP contribution is -2.30. The van der Waals surface area contributed by atoms with E-state index in [1.807, 2.05) is 13.0 Å². The first-order valence-corrected chi connectivity index (χ1v) is 5.32. The number of nitrogens with one attached hydrogen (secondary N) is 2. The molecule has 3 N–H and O–H groups in total. The Hall–Kier alpha value is -1.46. The predicted octanol–water partition coefficient (Wildman–Crippen LogP) is -0.320. The number of H-pyrrole nitrogens is 1. The van der Waals surface area contributed by atoms with Crippen LogP contribution in [0, 0.1) is 0 Å². The number of nitrogens with zero attached hydrogens (tertiary/aromatic N) is 1. The standard InChI is InChI=1S/C11H15N3O2/c1-7(5-15)12-4-8-2-3-9-10(8)13-6-14-11(9)16/h2,6-7,12,15H,3-5H2,1H3,(H,13,14,16). The second kappa shape index (κ2) is 4.59. The molecule has 5 nitrogen and oxygen atoms in total. The van der Waals surface area contributed by atoms with E-state index in [9.17, 15) is 4.79 Å². The van der Waals surface area contributed by atoms with Crippen molar-refractivity contribution in [1.82, 2.24) is 15.3 Å². The zero-order chi connectivity index (χ0) is 11.5. The van der Waals surface area contributed by atoms with Gasteiger partial charge in [-0.15, -0.1) is 0 Å². The molecule has 16 heavy (non-hydrogen) atoms. The van der Waals surface area contributed by atoms with E-state index < -0.39 is 0 Å². The van der Waals surface area contributed by atoms with Crippen molar-refractivity contribution in [3.8, 4) is 0 Å². The Morgan fingerprint density at radius 2 is 2.50 bits per heavy atom. The van der Waals surface area contributed by atoms with Crippen molar-refractivity contribution in [2.24, 2.45) is 0 Å². The summed E-state index contributed by atoms with van der Waals surface area (Å²) in [5, 5.41) is 12.1. The van der Waals surface area contributed by atoms with Gasteiger partial charge >= 0.3 is 0 Å². The molecular formula is C11H15N3O2. The second-order valence-corrected chi connectivity index (χ2v) is 3.96. The molecule has 0 bridgehead atoms. The molecule has 1 unspecified atom stereocenters. The first kappa shape index (κ1) is 11.0. The largest absolute Gasteiger partial charge is 0.395 e. The minimum absolute atomic E-state index is 0.0481. The van der Waals surface area contributed by atoms with Crippen LogP contribution in [0.15, 0.2) is 17.2 Å². The Kier molecular flexibility index (Phi) is 3.17. The van der Waals surface area contributed by atoms with E-state index in [2.05, 4.69) is 15.3 Å². The van der Waals surface area contributed by atoms with Crippen molar-refractivity contribution in [2.45, 2.75) is 19.4 Å². The van der Waals surface area contributed by atoms with E-state index in [4.69, 9.17) is 5.11 Å². The molecule has 2 rings (SSSR count). The fourth-order valence-electron chi connectivity index (χ4n) is 1.72. The van der Waals surface area contributed by atoms with Crippen molar-refractivity contribution in [3.63, 3.8) is 0 Å². The minimum atomic E-state index is -0.0635. The Labute approximate surface area is 93.2 Å². The first-order chi connectivity index (χ1) is 7.72. The van der Waals surface area contributed by atoms with Crippen molar-refractivity contribution in [1.29, 1.82) is 0 Å². The van der Waals surface area contributed by atoms with E-state index in [0.29, 0.717) is 13.0 Å². The zero-order valence-electron chi connectivity index (χ0n) is 9.16. The van der Waals surface area contributed by atoms with Crippen LogP contribution in [-0.2, 0) is 6.42 Å². The Bertz CT molecular complexity index is 465. The van der Waals surface area contributed by atoms with Gasteiger partial charge in [-0.05, 0) is 18.9 Å². The topological polar surface area (TPSA) is 78.0 Å². The van der Waals surface area contributed by atoms with Crippen LogP contribution in [0.4, 0.5) is 0 Å². The average molecular weight is 221 g/mol. The lowest BCUT2D eigenvalue weighted by atomic mass is 10.2. The van der Waals surface area contributed by atoms with Crippen LogP contribution >= 0.6 is 0 Å². The maximum Gasteiger partial charge on any atom is 0.254 e. The van der Waals surface area contributed by atoms with Crippen molar-refractivity contribution < 1.29 is 5.11 Å². The molecule has 0 amide bonds. The molecule has 0 fully saturated rings. The van der Waals surface area contributed by atoms with Crippen LogP contribution in [0.5, 0.6) is 0 Å². The normalized spacial score (nSPS) is 15.8. The van der Waals surface area contributed by atoms with E-state index in [0.717, 1.165) is 16.8 Å². The van der Waals surface area contributed by atoms with Gasteiger partial charge in [0.05, 0.1) is 18.6 Å². The molecule has 1 aromatic rings. The number of rotatable bonds is 4. The summed E-state index contributed by atoms with van der Waals surface area (Å²) in [5.41, 5.74) is 2.48. The Morgan fingerprint density at radius 3 is 3.25 bits per heavy atom. The number of aromatic nitrogens is 2. The molecule has 1 aromatic heterocycles. The van der Waals surface area contributed by atoms with Gasteiger partial charge in [0.1, 0.15) is 0 Å². The molecule has 1 heterocycles. The summed E-state index contributed by atoms with van der Waals surface area (Å²) in [4.78, 5) is 18.2. The van der Waals surface area contributed by atoms with Crippen LogP contribution < -0.4 is 10.9 Å². The molecule has 0 spiro atoms. The number of aliphatic hydroxyl groups is 1. The smallest absolute Gasteiger partial charge is 0.254 e. The summed E-state index contributed by atoms with van der Waals surface area (Å²) >= 11 is 0. The molecule has 0 aliphatic heterocycles. The van der Waals surface area contributed by atoms with Gasteiger partial charge in [0.25, 0.3) is 5.56 Å². The summed E-state index contributed by atoms with van der Waals surface area (Å²) in [6, 6.07) is 0.0481. The highest BCUT2D eigenvalue weighted by molar-refractivity contribution is 5.70. The van der Waals surface area contributed by atoms with E-state index in [1.165, 1.54) is 6.33 Å². The predicted molar refractivity (Wildman–Crippen MR) is 61.1 cm³/mol. The fraction of sp³-hybridized carbons (Fsp3) is 0.455. The zero-order valence-corrected chi connectivity index (χ0v) is 9.16. The second-order valence-electron chi connectivity index (χ2n) is 3.96. The molecule has 86 valence electrons. The van der Waals surface area contributed by atoms with Gasteiger partial charge in [0, 0.05) is 18.2 Å². The minimum Gasteiger partial charge on any atom is -0.395 e. The number of hydrogen-bond donors (Lipinski definition) is 3. The molecule has 0 aromatic carbocycles. The lowest BCUT2D eigenvalue weighted by Gasteiger charge is -2.11. The molecule has 5 heteroatoms. The van der Waals surface area contributed by atoms with Gasteiger partial charge in [-0.2, -0.15) is 0 Å². The maximum atomic E-state index is 11.5. The van der Waals surface area contributed by atoms with Crippen molar-refractivity contribution >= 4 is 5.57 Å². The Balaban J connectivity index is 2.11. The quantitative estimate of drug-likeness (QED) is 0.651. The van der Waals surface area contributed by atoms with Crippen molar-refractivity contribution in [3.05, 3.63) is 34.0 Å². The van der Waals surface area contributed by atoms with Gasteiger partial charge < -0.3 is 15.4 Å². The van der Waals surface area contributed by atoms with Crippen LogP contribution in [0.3, 0.4) is 0 Å². The summed E-state index contributed by atoms with van der Waals surface area (Å²) in [7, 11) is 0. The highest BCUT2D eigenvalue weighted by Gasteiger charge is 2.18. The maximum absolute atomic E-state index is 11.5. The molecule has 0 saturated heterocycles. The monoisotopic (exact) mass is 221 g/mol. The van der Waals surface area contributed by atoms with Crippen LogP contribution in [0.25, 0.3) is 5.57 Å². The first-order valence-electron chi connectivity index (χ1n) is 5.32. The van der Waals surface area contributed by atoms with E-state index >= 15 is 0 Å². The highest BCUT2D eigenvalue weighted by Crippen LogP contribution is 2.21. The molecule has 1 atom stereocenters. The fourth-order valence-corrected chi connectivity index (χ4v) is 1.72. The van der Waals surface area contributed by atoms with Crippen LogP contribution in [0.2, 0.25) is 0 Å². The van der Waals surface area contributed by atoms with Gasteiger partial charge in [0.15, 0.2) is 0 Å². The van der Waals surface area contributed by atoms with Gasteiger partial charge in [0.2, 0.25) is 0 Å². The number of aliphatic hydroxyl groups excluding tert-OH is 1. The molecule has 0 radical (unpaired) electrons. The third-order valence-corrected chi connectivity index (χ3v) is 2.72. The summed E-state index contributed by atoms with van der Waals surface area (Å²) in [6.07, 6.45) is 4.07. The number of aromatic amines is 1. The summed E-state index contributed by atoms with van der Waals surface area (Å²) in [5.74, 6) is 0. The number of hydrogen-bond acceptors (Lipinski definition) is 4. The van der Waals surface area contributed by atoms with Crippen LogP contribution in [-0.4, -0.2) is 34.3 Å². The Morgan fingerprint density at radius 1 is 1.69 bits per heavy atom. The molecule has 1 aliphatic rings. The highest BCUT2D eigenvalue weighted by atomic mass is 16.3. The SMILES string of the molecule is CC(CO)NCC1=CCc2c1nc[nH]c2=O. The third kappa shape index (κ3) is 2.05. The summed E-state index contributed by atoms with van der Waals surface area (Å²) < 4.78 is 0. The van der Waals surface area contributed by atoms with Gasteiger partial charge in [-0.3, -0.25) is 4.79 Å². The molecule has 0 saturated carbocycles. The average Bonchev–Trinajstić information content (AvgIpc) is 2.70. The van der Waals surface area contributed by atoms with Crippen molar-refractivity contribution in [2.75, 3.05) is 13.2 Å². The van der Waals surface area contributed by atoms with Gasteiger partial charge in [-0.25, -0.2) is 4.98 Å². The van der Waals surface area contributed by atoms with E-state index in [-0.39, 0.29) is 18.2 Å². The summed E-state index contributed by atoms with van der Waals surface area (Å²) in [6.45, 7) is 2.63. The van der Waals surface area contributed by atoms with Gasteiger partial charge in [-0.1, -0.05) is 6.08 Å². The number of fused-ring (bicyclic) bond motifs is 1.